The van der Waals surface area contributed by atoms with Crippen molar-refractivity contribution in [2.45, 2.75) is 32.4 Å². The lowest BCUT2D eigenvalue weighted by atomic mass is 10.3. The van der Waals surface area contributed by atoms with Crippen molar-refractivity contribution in [2.75, 3.05) is 0 Å². The van der Waals surface area contributed by atoms with Gasteiger partial charge in [0, 0.05) is 17.0 Å². The quantitative estimate of drug-likeness (QED) is 0.577. The normalized spacial score (nSPS) is 15.8. The van der Waals surface area contributed by atoms with Gasteiger partial charge < -0.3 is 4.90 Å². The Balaban J connectivity index is 1.99. The number of rotatable bonds is 5. The molecule has 1 heterocycles. The van der Waals surface area contributed by atoms with Crippen molar-refractivity contribution >= 4 is 17.2 Å². The molecule has 1 aromatic rings. The lowest BCUT2D eigenvalue weighted by Crippen LogP contribution is -2.30. The summed E-state index contributed by atoms with van der Waals surface area (Å²) in [4.78, 5) is 15.3. The van der Waals surface area contributed by atoms with Crippen molar-refractivity contribution in [1.29, 1.82) is 0 Å². The average Bonchev–Trinajstić information content (AvgIpc) is 3.03. The second-order valence-electron chi connectivity index (χ2n) is 4.16. The van der Waals surface area contributed by atoms with Crippen LogP contribution in [0.1, 0.15) is 24.6 Å². The van der Waals surface area contributed by atoms with E-state index in [9.17, 15) is 4.79 Å². The lowest BCUT2D eigenvalue weighted by Gasteiger charge is -2.19. The summed E-state index contributed by atoms with van der Waals surface area (Å²) in [6.07, 6.45) is 9.57. The van der Waals surface area contributed by atoms with Crippen LogP contribution in [0.3, 0.4) is 0 Å². The zero-order valence-electron chi connectivity index (χ0n) is 10.0. The highest BCUT2D eigenvalue weighted by Crippen LogP contribution is 2.29. The molecule has 0 saturated heterocycles. The zero-order chi connectivity index (χ0) is 12.1. The summed E-state index contributed by atoms with van der Waals surface area (Å²) in [7, 11) is 0. The Morgan fingerprint density at radius 1 is 1.53 bits per heavy atom. The standard InChI is InChI=1S/C14H17NOS/c1-2-3-4-7-14(16)15(12-8-9-12)11-13-6-5-10-17-13/h2-7,10,12H,8-9,11H2,1H3/b3-2+,7-4+. The van der Waals surface area contributed by atoms with E-state index >= 15 is 0 Å². The number of thiophene rings is 1. The van der Waals surface area contributed by atoms with Crippen LogP contribution in [0, 0.1) is 0 Å². The van der Waals surface area contributed by atoms with E-state index in [1.165, 1.54) is 4.88 Å². The van der Waals surface area contributed by atoms with E-state index in [2.05, 4.69) is 11.4 Å². The van der Waals surface area contributed by atoms with Gasteiger partial charge in [-0.15, -0.1) is 11.3 Å². The monoisotopic (exact) mass is 247 g/mol. The van der Waals surface area contributed by atoms with Crippen LogP contribution in [0.2, 0.25) is 0 Å². The number of nitrogens with zero attached hydrogens (tertiary/aromatic N) is 1. The van der Waals surface area contributed by atoms with E-state index in [1.807, 2.05) is 36.1 Å². The smallest absolute Gasteiger partial charge is 0.247 e. The molecular formula is C14H17NOS. The largest absolute Gasteiger partial charge is 0.331 e. The molecular weight excluding hydrogens is 230 g/mol. The molecule has 0 radical (unpaired) electrons. The molecule has 1 aromatic heterocycles. The molecule has 2 rings (SSSR count). The minimum atomic E-state index is 0.124. The molecule has 1 amide bonds. The molecule has 1 aliphatic rings. The maximum absolute atomic E-state index is 12.0. The number of carbonyl (C=O) groups is 1. The first-order chi connectivity index (χ1) is 8.31. The van der Waals surface area contributed by atoms with Crippen LogP contribution in [0.4, 0.5) is 0 Å². The Morgan fingerprint density at radius 3 is 2.94 bits per heavy atom. The van der Waals surface area contributed by atoms with E-state index in [0.717, 1.165) is 19.4 Å². The fraction of sp³-hybridized carbons (Fsp3) is 0.357. The van der Waals surface area contributed by atoms with Gasteiger partial charge in [-0.25, -0.2) is 0 Å². The summed E-state index contributed by atoms with van der Waals surface area (Å²) in [6, 6.07) is 4.58. The Kier molecular flexibility index (Phi) is 4.15. The van der Waals surface area contributed by atoms with Crippen LogP contribution in [0.25, 0.3) is 0 Å². The number of amides is 1. The van der Waals surface area contributed by atoms with Gasteiger partial charge in [0.05, 0.1) is 6.54 Å². The Bertz CT molecular complexity index is 415. The van der Waals surface area contributed by atoms with Gasteiger partial charge in [0.15, 0.2) is 0 Å². The fourth-order valence-corrected chi connectivity index (χ4v) is 2.39. The minimum absolute atomic E-state index is 0.124. The molecule has 1 saturated carbocycles. The molecule has 0 spiro atoms. The van der Waals surface area contributed by atoms with Gasteiger partial charge in [-0.1, -0.05) is 24.3 Å². The Labute approximate surface area is 106 Å². The summed E-state index contributed by atoms with van der Waals surface area (Å²) < 4.78 is 0. The maximum Gasteiger partial charge on any atom is 0.247 e. The van der Waals surface area contributed by atoms with Crippen molar-refractivity contribution in [2.24, 2.45) is 0 Å². The topological polar surface area (TPSA) is 20.3 Å². The summed E-state index contributed by atoms with van der Waals surface area (Å²) in [6.45, 7) is 2.69. The predicted molar refractivity (Wildman–Crippen MR) is 71.8 cm³/mol. The SMILES string of the molecule is C/C=C/C=C/C(=O)N(Cc1cccs1)C1CC1. The number of carbonyl (C=O) groups excluding carboxylic acids is 1. The first-order valence-corrected chi connectivity index (χ1v) is 6.81. The predicted octanol–water partition coefficient (Wildman–Crippen LogP) is 3.37. The molecule has 90 valence electrons. The molecule has 0 bridgehead atoms. The van der Waals surface area contributed by atoms with Crippen LogP contribution in [0.5, 0.6) is 0 Å². The van der Waals surface area contributed by atoms with Gasteiger partial charge in [0.25, 0.3) is 0 Å². The van der Waals surface area contributed by atoms with Gasteiger partial charge in [-0.05, 0) is 31.2 Å². The Hall–Kier alpha value is -1.35. The number of hydrogen-bond acceptors (Lipinski definition) is 2. The summed E-state index contributed by atoms with van der Waals surface area (Å²) in [5, 5.41) is 2.06. The molecule has 0 unspecified atom stereocenters. The van der Waals surface area contributed by atoms with Crippen molar-refractivity contribution in [3.8, 4) is 0 Å². The van der Waals surface area contributed by atoms with E-state index in [4.69, 9.17) is 0 Å². The molecule has 17 heavy (non-hydrogen) atoms. The average molecular weight is 247 g/mol. The summed E-state index contributed by atoms with van der Waals surface area (Å²) in [5.74, 6) is 0.124. The molecule has 0 N–H and O–H groups in total. The highest BCUT2D eigenvalue weighted by molar-refractivity contribution is 7.09. The number of allylic oxidation sites excluding steroid dienone is 3. The third-order valence-corrected chi connectivity index (χ3v) is 3.58. The highest BCUT2D eigenvalue weighted by atomic mass is 32.1. The second kappa shape index (κ2) is 5.82. The first kappa shape index (κ1) is 12.1. The summed E-state index contributed by atoms with van der Waals surface area (Å²) in [5.41, 5.74) is 0. The minimum Gasteiger partial charge on any atom is -0.331 e. The highest BCUT2D eigenvalue weighted by Gasteiger charge is 2.31. The third kappa shape index (κ3) is 3.56. The lowest BCUT2D eigenvalue weighted by molar-refractivity contribution is -0.127. The second-order valence-corrected chi connectivity index (χ2v) is 5.19. The molecule has 2 nitrogen and oxygen atoms in total. The van der Waals surface area contributed by atoms with Crippen molar-refractivity contribution in [3.05, 3.63) is 46.7 Å². The van der Waals surface area contributed by atoms with E-state index in [-0.39, 0.29) is 5.91 Å². The van der Waals surface area contributed by atoms with Crippen molar-refractivity contribution in [1.82, 2.24) is 4.90 Å². The van der Waals surface area contributed by atoms with Crippen molar-refractivity contribution in [3.63, 3.8) is 0 Å². The molecule has 1 aliphatic carbocycles. The molecule has 0 atom stereocenters. The maximum atomic E-state index is 12.0. The Morgan fingerprint density at radius 2 is 2.35 bits per heavy atom. The fourth-order valence-electron chi connectivity index (χ4n) is 1.69. The van der Waals surface area contributed by atoms with Crippen LogP contribution < -0.4 is 0 Å². The van der Waals surface area contributed by atoms with E-state index < -0.39 is 0 Å². The van der Waals surface area contributed by atoms with Gasteiger partial charge >= 0.3 is 0 Å². The molecule has 0 aliphatic heterocycles. The zero-order valence-corrected chi connectivity index (χ0v) is 10.8. The first-order valence-electron chi connectivity index (χ1n) is 5.93. The van der Waals surface area contributed by atoms with Gasteiger partial charge in [-0.2, -0.15) is 0 Å². The van der Waals surface area contributed by atoms with Gasteiger partial charge in [0.2, 0.25) is 5.91 Å². The van der Waals surface area contributed by atoms with Crippen LogP contribution in [0.15, 0.2) is 41.8 Å². The van der Waals surface area contributed by atoms with Gasteiger partial charge in [-0.3, -0.25) is 4.79 Å². The number of hydrogen-bond donors (Lipinski definition) is 0. The van der Waals surface area contributed by atoms with Crippen LogP contribution >= 0.6 is 11.3 Å². The summed E-state index contributed by atoms with van der Waals surface area (Å²) >= 11 is 1.71. The molecule has 1 fully saturated rings. The van der Waals surface area contributed by atoms with Crippen molar-refractivity contribution < 1.29 is 4.79 Å². The van der Waals surface area contributed by atoms with Crippen LogP contribution in [-0.2, 0) is 11.3 Å². The molecule has 0 aromatic carbocycles. The van der Waals surface area contributed by atoms with Gasteiger partial charge in [0.1, 0.15) is 0 Å². The van der Waals surface area contributed by atoms with E-state index in [0.29, 0.717) is 6.04 Å². The van der Waals surface area contributed by atoms with Crippen LogP contribution in [-0.4, -0.2) is 16.8 Å². The third-order valence-electron chi connectivity index (χ3n) is 2.72. The molecule has 3 heteroatoms. The van der Waals surface area contributed by atoms with E-state index in [1.54, 1.807) is 17.4 Å².